The summed E-state index contributed by atoms with van der Waals surface area (Å²) in [7, 11) is -3.64. The van der Waals surface area contributed by atoms with Crippen molar-refractivity contribution in [2.24, 2.45) is 0 Å². The van der Waals surface area contributed by atoms with Crippen LogP contribution in [0.1, 0.15) is 68.7 Å². The van der Waals surface area contributed by atoms with Gasteiger partial charge in [-0.25, -0.2) is 8.42 Å². The molecule has 0 bridgehead atoms. The van der Waals surface area contributed by atoms with Crippen molar-refractivity contribution in [3.63, 3.8) is 0 Å². The van der Waals surface area contributed by atoms with Crippen LogP contribution >= 0.6 is 0 Å². The van der Waals surface area contributed by atoms with E-state index in [2.05, 4.69) is 5.32 Å². The van der Waals surface area contributed by atoms with Crippen molar-refractivity contribution in [2.75, 3.05) is 24.0 Å². The number of nitrogens with zero attached hydrogens (tertiary/aromatic N) is 1. The normalized spacial score (nSPS) is 16.7. The quantitative estimate of drug-likeness (QED) is 0.412. The SMILES string of the molecule is CCOC(=O)CCCCCCNC1c2ccccc2N(CC)S(=O)(=O)c2cc(C)ccc21. The van der Waals surface area contributed by atoms with E-state index in [0.717, 1.165) is 54.6 Å². The highest BCUT2D eigenvalue weighted by Gasteiger charge is 2.35. The third-order valence-corrected chi connectivity index (χ3v) is 7.76. The monoisotopic (exact) mass is 458 g/mol. The number of anilines is 1. The molecule has 1 aliphatic heterocycles. The third kappa shape index (κ3) is 5.33. The third-order valence-electron chi connectivity index (χ3n) is 5.81. The van der Waals surface area contributed by atoms with Gasteiger partial charge in [0.2, 0.25) is 0 Å². The molecular formula is C25H34N2O4S. The highest BCUT2D eigenvalue weighted by atomic mass is 32.2. The first-order valence-electron chi connectivity index (χ1n) is 11.5. The van der Waals surface area contributed by atoms with E-state index in [1.54, 1.807) is 6.07 Å². The lowest BCUT2D eigenvalue weighted by atomic mass is 9.96. The molecule has 1 N–H and O–H groups in total. The molecule has 0 saturated heterocycles. The molecule has 0 aliphatic carbocycles. The first-order chi connectivity index (χ1) is 15.4. The van der Waals surface area contributed by atoms with Gasteiger partial charge in [0, 0.05) is 13.0 Å². The molecule has 2 aromatic rings. The van der Waals surface area contributed by atoms with Crippen molar-refractivity contribution in [3.05, 3.63) is 59.2 Å². The maximum Gasteiger partial charge on any atom is 0.305 e. The molecule has 0 saturated carbocycles. The first-order valence-corrected chi connectivity index (χ1v) is 12.9. The largest absolute Gasteiger partial charge is 0.466 e. The van der Waals surface area contributed by atoms with E-state index < -0.39 is 10.0 Å². The van der Waals surface area contributed by atoms with Crippen LogP contribution in [0.15, 0.2) is 47.4 Å². The number of unbranched alkanes of at least 4 members (excludes halogenated alkanes) is 3. The molecule has 1 unspecified atom stereocenters. The Hall–Kier alpha value is -2.38. The molecule has 1 heterocycles. The van der Waals surface area contributed by atoms with Crippen molar-refractivity contribution in [1.82, 2.24) is 5.32 Å². The minimum atomic E-state index is -3.64. The second-order valence-corrected chi connectivity index (χ2v) is 9.96. The minimum absolute atomic E-state index is 0.130. The van der Waals surface area contributed by atoms with Gasteiger partial charge in [-0.2, -0.15) is 0 Å². The van der Waals surface area contributed by atoms with Crippen molar-refractivity contribution in [3.8, 4) is 0 Å². The number of carbonyl (C=O) groups is 1. The molecule has 0 fully saturated rings. The van der Waals surface area contributed by atoms with Crippen LogP contribution in [-0.2, 0) is 19.6 Å². The lowest BCUT2D eigenvalue weighted by Gasteiger charge is -2.24. The van der Waals surface area contributed by atoms with Gasteiger partial charge in [0.15, 0.2) is 0 Å². The summed E-state index contributed by atoms with van der Waals surface area (Å²) in [5.74, 6) is -0.130. The zero-order valence-corrected chi connectivity index (χ0v) is 20.1. The number of nitrogens with one attached hydrogen (secondary N) is 1. The van der Waals surface area contributed by atoms with Gasteiger partial charge in [0.1, 0.15) is 0 Å². The van der Waals surface area contributed by atoms with E-state index in [1.807, 2.05) is 57.2 Å². The Bertz CT molecular complexity index is 1040. The molecule has 2 aromatic carbocycles. The van der Waals surface area contributed by atoms with Crippen molar-refractivity contribution in [1.29, 1.82) is 0 Å². The Balaban J connectivity index is 1.77. The first kappa shape index (κ1) is 24.3. The minimum Gasteiger partial charge on any atom is -0.466 e. The van der Waals surface area contributed by atoms with Gasteiger partial charge in [-0.05, 0) is 69.0 Å². The smallest absolute Gasteiger partial charge is 0.305 e. The molecule has 0 amide bonds. The van der Waals surface area contributed by atoms with E-state index in [-0.39, 0.29) is 12.0 Å². The summed E-state index contributed by atoms with van der Waals surface area (Å²) in [5, 5.41) is 3.61. The van der Waals surface area contributed by atoms with Gasteiger partial charge in [-0.15, -0.1) is 0 Å². The Morgan fingerprint density at radius 2 is 1.78 bits per heavy atom. The highest BCUT2D eigenvalue weighted by molar-refractivity contribution is 7.93. The van der Waals surface area contributed by atoms with Crippen LogP contribution in [0.25, 0.3) is 0 Å². The maximum atomic E-state index is 13.5. The number of rotatable bonds is 10. The van der Waals surface area contributed by atoms with Crippen LogP contribution < -0.4 is 9.62 Å². The van der Waals surface area contributed by atoms with E-state index in [9.17, 15) is 13.2 Å². The number of carbonyl (C=O) groups excluding carboxylic acids is 1. The Kier molecular flexibility index (Phi) is 8.32. The topological polar surface area (TPSA) is 75.7 Å². The zero-order chi connectivity index (χ0) is 23.1. The maximum absolute atomic E-state index is 13.5. The predicted octanol–water partition coefficient (Wildman–Crippen LogP) is 4.72. The number of sulfonamides is 1. The molecule has 7 heteroatoms. The molecule has 1 atom stereocenters. The molecule has 0 radical (unpaired) electrons. The summed E-state index contributed by atoms with van der Waals surface area (Å²) in [6.07, 6.45) is 4.22. The summed E-state index contributed by atoms with van der Waals surface area (Å²) >= 11 is 0. The summed E-state index contributed by atoms with van der Waals surface area (Å²) in [6, 6.07) is 13.2. The van der Waals surface area contributed by atoms with E-state index in [0.29, 0.717) is 24.5 Å². The number of hydrogen-bond donors (Lipinski definition) is 1. The molecule has 0 aromatic heterocycles. The number of aryl methyl sites for hydroxylation is 1. The fraction of sp³-hybridized carbons (Fsp3) is 0.480. The summed E-state index contributed by atoms with van der Waals surface area (Å²) in [4.78, 5) is 11.8. The van der Waals surface area contributed by atoms with Crippen LogP contribution in [0.2, 0.25) is 0 Å². The lowest BCUT2D eigenvalue weighted by molar-refractivity contribution is -0.143. The van der Waals surface area contributed by atoms with Crippen LogP contribution in [0, 0.1) is 6.92 Å². The number of para-hydroxylation sites is 1. The van der Waals surface area contributed by atoms with E-state index in [1.165, 1.54) is 4.31 Å². The number of ether oxygens (including phenoxy) is 1. The summed E-state index contributed by atoms with van der Waals surface area (Å²) in [5.41, 5.74) is 3.43. The highest BCUT2D eigenvalue weighted by Crippen LogP contribution is 2.40. The van der Waals surface area contributed by atoms with Crippen LogP contribution in [0.5, 0.6) is 0 Å². The predicted molar refractivity (Wildman–Crippen MR) is 127 cm³/mol. The van der Waals surface area contributed by atoms with Gasteiger partial charge in [0.25, 0.3) is 10.0 Å². The van der Waals surface area contributed by atoms with Gasteiger partial charge < -0.3 is 10.1 Å². The molecule has 0 spiro atoms. The molecule has 3 rings (SSSR count). The van der Waals surface area contributed by atoms with Gasteiger partial charge in [-0.1, -0.05) is 43.2 Å². The van der Waals surface area contributed by atoms with Crippen molar-refractivity contribution < 1.29 is 17.9 Å². The number of fused-ring (bicyclic) bond motifs is 2. The fourth-order valence-corrected chi connectivity index (χ4v) is 6.09. The Morgan fingerprint density at radius 1 is 1.03 bits per heavy atom. The van der Waals surface area contributed by atoms with Crippen molar-refractivity contribution >= 4 is 21.7 Å². The average molecular weight is 459 g/mol. The Labute approximate surface area is 192 Å². The summed E-state index contributed by atoms with van der Waals surface area (Å²) < 4.78 is 33.5. The van der Waals surface area contributed by atoms with Gasteiger partial charge in [-0.3, -0.25) is 9.10 Å². The van der Waals surface area contributed by atoms with Crippen LogP contribution in [0.4, 0.5) is 5.69 Å². The molecule has 6 nitrogen and oxygen atoms in total. The fourth-order valence-electron chi connectivity index (χ4n) is 4.27. The van der Waals surface area contributed by atoms with E-state index >= 15 is 0 Å². The number of esters is 1. The molecule has 174 valence electrons. The second-order valence-electron chi connectivity index (χ2n) is 8.13. The molecular weight excluding hydrogens is 424 g/mol. The molecule has 1 aliphatic rings. The lowest BCUT2D eigenvalue weighted by Crippen LogP contribution is -2.30. The average Bonchev–Trinajstić information content (AvgIpc) is 2.84. The zero-order valence-electron chi connectivity index (χ0n) is 19.3. The molecule has 32 heavy (non-hydrogen) atoms. The summed E-state index contributed by atoms with van der Waals surface area (Å²) in [6.45, 7) is 7.17. The van der Waals surface area contributed by atoms with Crippen LogP contribution in [0.3, 0.4) is 0 Å². The number of benzene rings is 2. The second kappa shape index (κ2) is 11.0. The van der Waals surface area contributed by atoms with Crippen LogP contribution in [-0.4, -0.2) is 34.1 Å². The standard InChI is InChI=1S/C25H34N2O4S/c1-4-27-22-13-10-9-12-20(22)25(21-16-15-19(3)18-23(21)32(27,29)30)26-17-11-7-6-8-14-24(28)31-5-2/h9-10,12-13,15-16,18,25-26H,4-8,11,14,17H2,1-3H3. The number of hydrogen-bond acceptors (Lipinski definition) is 5. The van der Waals surface area contributed by atoms with Gasteiger partial charge in [0.05, 0.1) is 23.2 Å². The van der Waals surface area contributed by atoms with Gasteiger partial charge >= 0.3 is 5.97 Å². The van der Waals surface area contributed by atoms with Crippen molar-refractivity contribution in [2.45, 2.75) is 63.8 Å². The van der Waals surface area contributed by atoms with E-state index in [4.69, 9.17) is 4.74 Å². The Morgan fingerprint density at radius 3 is 2.53 bits per heavy atom.